The maximum Gasteiger partial charge on any atom is 0.275 e. The van der Waals surface area contributed by atoms with Gasteiger partial charge in [0.1, 0.15) is 10.7 Å². The topological polar surface area (TPSA) is 97.1 Å². The maximum absolute atomic E-state index is 12.1. The SMILES string of the molecule is CNC(=O)c1cccc(NC(=O)c2csc(C(C)N)n2)c1. The first-order valence-corrected chi connectivity index (χ1v) is 7.23. The Labute approximate surface area is 126 Å². The maximum atomic E-state index is 12.1. The van der Waals surface area contributed by atoms with Crippen LogP contribution in [-0.2, 0) is 0 Å². The number of thiazole rings is 1. The van der Waals surface area contributed by atoms with Crippen molar-refractivity contribution in [2.75, 3.05) is 12.4 Å². The third-order valence-corrected chi connectivity index (χ3v) is 3.80. The second kappa shape index (κ2) is 6.47. The van der Waals surface area contributed by atoms with Crippen molar-refractivity contribution in [1.29, 1.82) is 0 Å². The van der Waals surface area contributed by atoms with Crippen LogP contribution < -0.4 is 16.4 Å². The summed E-state index contributed by atoms with van der Waals surface area (Å²) in [6, 6.07) is 6.49. The Bertz CT molecular complexity index is 666. The van der Waals surface area contributed by atoms with Crippen LogP contribution in [0.3, 0.4) is 0 Å². The molecule has 0 fully saturated rings. The molecule has 0 saturated heterocycles. The minimum atomic E-state index is -0.327. The summed E-state index contributed by atoms with van der Waals surface area (Å²) < 4.78 is 0. The van der Waals surface area contributed by atoms with Gasteiger partial charge in [-0.1, -0.05) is 6.07 Å². The van der Waals surface area contributed by atoms with Crippen LogP contribution >= 0.6 is 11.3 Å². The molecule has 0 aliphatic rings. The van der Waals surface area contributed by atoms with E-state index in [1.54, 1.807) is 36.7 Å². The van der Waals surface area contributed by atoms with Gasteiger partial charge in [-0.25, -0.2) is 4.98 Å². The quantitative estimate of drug-likeness (QED) is 0.802. The monoisotopic (exact) mass is 304 g/mol. The first kappa shape index (κ1) is 15.1. The average Bonchev–Trinajstić information content (AvgIpc) is 2.97. The zero-order valence-corrected chi connectivity index (χ0v) is 12.5. The Morgan fingerprint density at radius 2 is 2.10 bits per heavy atom. The summed E-state index contributed by atoms with van der Waals surface area (Å²) in [5, 5.41) is 7.62. The molecule has 2 rings (SSSR count). The van der Waals surface area contributed by atoms with Crippen LogP contribution in [0.2, 0.25) is 0 Å². The first-order valence-electron chi connectivity index (χ1n) is 6.35. The summed E-state index contributed by atoms with van der Waals surface area (Å²) in [6.45, 7) is 1.81. The van der Waals surface area contributed by atoms with Crippen molar-refractivity contribution in [3.8, 4) is 0 Å². The number of hydrogen-bond donors (Lipinski definition) is 3. The highest BCUT2D eigenvalue weighted by atomic mass is 32.1. The molecule has 1 unspecified atom stereocenters. The molecule has 1 aromatic heterocycles. The molecular weight excluding hydrogens is 288 g/mol. The number of amides is 2. The third-order valence-electron chi connectivity index (χ3n) is 2.75. The van der Waals surface area contributed by atoms with Crippen LogP contribution in [-0.4, -0.2) is 23.8 Å². The lowest BCUT2D eigenvalue weighted by molar-refractivity contribution is 0.0961. The number of hydrogen-bond acceptors (Lipinski definition) is 5. The summed E-state index contributed by atoms with van der Waals surface area (Å²) >= 11 is 1.35. The van der Waals surface area contributed by atoms with E-state index in [2.05, 4.69) is 15.6 Å². The lowest BCUT2D eigenvalue weighted by Crippen LogP contribution is -2.18. The standard InChI is InChI=1S/C14H16N4O2S/c1-8(15)14-18-11(7-21-14)13(20)17-10-5-3-4-9(6-10)12(19)16-2/h3-8H,15H2,1-2H3,(H,16,19)(H,17,20). The molecule has 2 amide bonds. The van der Waals surface area contributed by atoms with Gasteiger partial charge in [0, 0.05) is 23.7 Å². The molecule has 2 aromatic rings. The number of nitrogens with zero attached hydrogens (tertiary/aromatic N) is 1. The highest BCUT2D eigenvalue weighted by Crippen LogP contribution is 2.17. The van der Waals surface area contributed by atoms with Crippen molar-refractivity contribution < 1.29 is 9.59 Å². The van der Waals surface area contributed by atoms with Crippen LogP contribution in [0.15, 0.2) is 29.6 Å². The lowest BCUT2D eigenvalue weighted by Gasteiger charge is -2.05. The molecule has 0 aliphatic heterocycles. The van der Waals surface area contributed by atoms with Crippen LogP contribution in [0.4, 0.5) is 5.69 Å². The predicted octanol–water partition coefficient (Wildman–Crippen LogP) is 1.77. The van der Waals surface area contributed by atoms with E-state index in [4.69, 9.17) is 5.73 Å². The van der Waals surface area contributed by atoms with Crippen LogP contribution in [0, 0.1) is 0 Å². The van der Waals surface area contributed by atoms with E-state index in [1.807, 2.05) is 6.92 Å². The minimum absolute atomic E-state index is 0.201. The molecule has 0 saturated carbocycles. The van der Waals surface area contributed by atoms with Gasteiger partial charge in [0.2, 0.25) is 0 Å². The Hall–Kier alpha value is -2.25. The van der Waals surface area contributed by atoms with Crippen molar-refractivity contribution in [3.05, 3.63) is 45.9 Å². The molecule has 0 radical (unpaired) electrons. The molecule has 1 atom stereocenters. The highest BCUT2D eigenvalue weighted by molar-refractivity contribution is 7.09. The normalized spacial score (nSPS) is 11.8. The number of rotatable bonds is 4. The van der Waals surface area contributed by atoms with Gasteiger partial charge in [-0.2, -0.15) is 0 Å². The van der Waals surface area contributed by atoms with Crippen molar-refractivity contribution in [2.24, 2.45) is 5.73 Å². The van der Waals surface area contributed by atoms with Gasteiger partial charge in [-0.15, -0.1) is 11.3 Å². The molecule has 4 N–H and O–H groups in total. The van der Waals surface area contributed by atoms with E-state index >= 15 is 0 Å². The molecule has 7 heteroatoms. The number of aromatic nitrogens is 1. The number of nitrogens with two attached hydrogens (primary N) is 1. The van der Waals surface area contributed by atoms with Gasteiger partial charge < -0.3 is 16.4 Å². The third kappa shape index (κ3) is 3.65. The van der Waals surface area contributed by atoms with E-state index in [-0.39, 0.29) is 17.9 Å². The van der Waals surface area contributed by atoms with Crippen molar-refractivity contribution >= 4 is 28.8 Å². The fourth-order valence-corrected chi connectivity index (χ4v) is 2.44. The zero-order chi connectivity index (χ0) is 15.4. The molecule has 21 heavy (non-hydrogen) atoms. The molecule has 0 spiro atoms. The van der Waals surface area contributed by atoms with Gasteiger partial charge in [-0.05, 0) is 25.1 Å². The van der Waals surface area contributed by atoms with E-state index in [1.165, 1.54) is 11.3 Å². The minimum Gasteiger partial charge on any atom is -0.355 e. The molecule has 6 nitrogen and oxygen atoms in total. The number of carbonyl (C=O) groups is 2. The molecule has 1 aromatic carbocycles. The van der Waals surface area contributed by atoms with Crippen molar-refractivity contribution in [3.63, 3.8) is 0 Å². The first-order chi connectivity index (χ1) is 10.0. The van der Waals surface area contributed by atoms with Crippen molar-refractivity contribution in [1.82, 2.24) is 10.3 Å². The van der Waals surface area contributed by atoms with Gasteiger partial charge in [0.25, 0.3) is 11.8 Å². The van der Waals surface area contributed by atoms with Gasteiger partial charge in [0.05, 0.1) is 6.04 Å². The predicted molar refractivity (Wildman–Crippen MR) is 82.5 cm³/mol. The lowest BCUT2D eigenvalue weighted by atomic mass is 10.2. The molecular formula is C14H16N4O2S. The fourth-order valence-electron chi connectivity index (χ4n) is 1.68. The Morgan fingerprint density at radius 1 is 1.33 bits per heavy atom. The molecule has 110 valence electrons. The second-order valence-corrected chi connectivity index (χ2v) is 5.36. The summed E-state index contributed by atoms with van der Waals surface area (Å²) in [4.78, 5) is 27.8. The average molecular weight is 304 g/mol. The Kier molecular flexibility index (Phi) is 4.66. The molecule has 1 heterocycles. The zero-order valence-electron chi connectivity index (χ0n) is 11.7. The van der Waals surface area contributed by atoms with Crippen LogP contribution in [0.25, 0.3) is 0 Å². The van der Waals surface area contributed by atoms with Gasteiger partial charge in [0.15, 0.2) is 0 Å². The summed E-state index contributed by atoms with van der Waals surface area (Å²) in [5.41, 5.74) is 7.05. The van der Waals surface area contributed by atoms with Crippen molar-refractivity contribution in [2.45, 2.75) is 13.0 Å². The highest BCUT2D eigenvalue weighted by Gasteiger charge is 2.13. The largest absolute Gasteiger partial charge is 0.355 e. The fraction of sp³-hybridized carbons (Fsp3) is 0.214. The number of nitrogens with one attached hydrogen (secondary N) is 2. The van der Waals surface area contributed by atoms with Gasteiger partial charge in [-0.3, -0.25) is 9.59 Å². The number of carbonyl (C=O) groups excluding carboxylic acids is 2. The summed E-state index contributed by atoms with van der Waals surface area (Å²) in [6.07, 6.45) is 0. The molecule has 0 aliphatic carbocycles. The van der Waals surface area contributed by atoms with E-state index in [0.29, 0.717) is 22.0 Å². The number of anilines is 1. The van der Waals surface area contributed by atoms with Crippen LogP contribution in [0.1, 0.15) is 38.8 Å². The van der Waals surface area contributed by atoms with Gasteiger partial charge >= 0.3 is 0 Å². The summed E-state index contributed by atoms with van der Waals surface area (Å²) in [7, 11) is 1.55. The van der Waals surface area contributed by atoms with E-state index < -0.39 is 0 Å². The number of benzene rings is 1. The molecule has 0 bridgehead atoms. The van der Waals surface area contributed by atoms with Crippen LogP contribution in [0.5, 0.6) is 0 Å². The Balaban J connectivity index is 2.13. The van der Waals surface area contributed by atoms with E-state index in [0.717, 1.165) is 0 Å². The Morgan fingerprint density at radius 3 is 2.71 bits per heavy atom. The van der Waals surface area contributed by atoms with E-state index in [9.17, 15) is 9.59 Å². The smallest absolute Gasteiger partial charge is 0.275 e. The summed E-state index contributed by atoms with van der Waals surface area (Å²) in [5.74, 6) is -0.536. The second-order valence-electron chi connectivity index (χ2n) is 4.47.